The minimum absolute atomic E-state index is 0.245. The van der Waals surface area contributed by atoms with Crippen molar-refractivity contribution in [3.63, 3.8) is 0 Å². The Morgan fingerprint density at radius 2 is 1.59 bits per heavy atom. The van der Waals surface area contributed by atoms with Gasteiger partial charge in [0.05, 0.1) is 12.8 Å². The van der Waals surface area contributed by atoms with Gasteiger partial charge in [-0.2, -0.15) is 0 Å². The molecule has 0 bridgehead atoms. The molecule has 0 unspecified atom stereocenters. The van der Waals surface area contributed by atoms with Gasteiger partial charge in [-0.3, -0.25) is 9.59 Å². The van der Waals surface area contributed by atoms with Crippen molar-refractivity contribution in [3.8, 4) is 5.75 Å². The largest absolute Gasteiger partial charge is 0.495 e. The molecule has 2 amide bonds. The molecular weight excluding hydrogens is 364 g/mol. The van der Waals surface area contributed by atoms with Crippen molar-refractivity contribution in [2.24, 2.45) is 5.41 Å². The van der Waals surface area contributed by atoms with Gasteiger partial charge in [-0.15, -0.1) is 0 Å². The zero-order valence-electron chi connectivity index (χ0n) is 16.2. The lowest BCUT2D eigenvalue weighted by Crippen LogP contribution is -2.41. The number of ether oxygens (including phenoxy) is 1. The Hall–Kier alpha value is -2.53. The number of hydrogen-bond donors (Lipinski definition) is 2. The highest BCUT2D eigenvalue weighted by atomic mass is 35.5. The van der Waals surface area contributed by atoms with E-state index >= 15 is 0 Å². The van der Waals surface area contributed by atoms with E-state index in [4.69, 9.17) is 16.3 Å². The summed E-state index contributed by atoms with van der Waals surface area (Å²) in [5.74, 6) is -0.139. The van der Waals surface area contributed by atoms with Crippen LogP contribution in [0.15, 0.2) is 42.5 Å². The molecule has 0 aliphatic rings. The highest BCUT2D eigenvalue weighted by Gasteiger charge is 2.37. The smallest absolute Gasteiger partial charge is 0.239 e. The number of benzene rings is 2. The fourth-order valence-corrected chi connectivity index (χ4v) is 2.72. The molecule has 0 atom stereocenters. The van der Waals surface area contributed by atoms with E-state index in [0.717, 1.165) is 5.56 Å². The predicted octanol–water partition coefficient (Wildman–Crippen LogP) is 5.08. The van der Waals surface area contributed by atoms with Crippen LogP contribution >= 0.6 is 11.6 Å². The van der Waals surface area contributed by atoms with Gasteiger partial charge in [0.2, 0.25) is 11.8 Å². The van der Waals surface area contributed by atoms with Gasteiger partial charge in [0.1, 0.15) is 11.2 Å². The summed E-state index contributed by atoms with van der Waals surface area (Å²) in [5, 5.41) is 6.08. The third kappa shape index (κ3) is 4.80. The third-order valence-corrected chi connectivity index (χ3v) is 4.61. The number of carbonyl (C=O) groups is 2. The number of methoxy groups -OCH3 is 1. The van der Waals surface area contributed by atoms with Crippen LogP contribution in [-0.2, 0) is 9.59 Å². The van der Waals surface area contributed by atoms with Crippen LogP contribution in [0.2, 0.25) is 5.02 Å². The van der Waals surface area contributed by atoms with Crippen molar-refractivity contribution in [3.05, 3.63) is 53.1 Å². The molecule has 0 radical (unpaired) electrons. The predicted molar refractivity (Wildman–Crippen MR) is 110 cm³/mol. The molecule has 6 heteroatoms. The standard InChI is InChI=1S/C21H25ClN2O3/c1-13(2)15-8-6-7-9-16(15)23-19(25)21(3,4)20(26)24-17-12-14(22)10-11-18(17)27-5/h6-13H,1-5H3,(H,23,25)(H,24,26). The lowest BCUT2D eigenvalue weighted by atomic mass is 9.90. The van der Waals surface area contributed by atoms with Gasteiger partial charge in [0, 0.05) is 10.7 Å². The average Bonchev–Trinajstić information content (AvgIpc) is 2.62. The molecule has 2 N–H and O–H groups in total. The molecular formula is C21H25ClN2O3. The van der Waals surface area contributed by atoms with Crippen LogP contribution < -0.4 is 15.4 Å². The molecule has 2 aromatic rings. The second kappa shape index (κ2) is 8.44. The molecule has 2 rings (SSSR count). The third-order valence-electron chi connectivity index (χ3n) is 4.38. The summed E-state index contributed by atoms with van der Waals surface area (Å²) in [7, 11) is 1.50. The van der Waals surface area contributed by atoms with E-state index in [1.807, 2.05) is 38.1 Å². The Morgan fingerprint density at radius 1 is 1.00 bits per heavy atom. The first kappa shape index (κ1) is 20.8. The fourth-order valence-electron chi connectivity index (χ4n) is 2.55. The van der Waals surface area contributed by atoms with Crippen molar-refractivity contribution < 1.29 is 14.3 Å². The van der Waals surface area contributed by atoms with E-state index in [0.29, 0.717) is 22.1 Å². The van der Waals surface area contributed by atoms with Crippen LogP contribution in [-0.4, -0.2) is 18.9 Å². The topological polar surface area (TPSA) is 67.4 Å². The highest BCUT2D eigenvalue weighted by Crippen LogP contribution is 2.31. The van der Waals surface area contributed by atoms with Crippen LogP contribution in [0.25, 0.3) is 0 Å². The first-order valence-electron chi connectivity index (χ1n) is 8.72. The van der Waals surface area contributed by atoms with Gasteiger partial charge in [0.15, 0.2) is 0 Å². The van der Waals surface area contributed by atoms with E-state index in [1.54, 1.807) is 32.0 Å². The number of para-hydroxylation sites is 1. The number of halogens is 1. The van der Waals surface area contributed by atoms with Crippen molar-refractivity contribution in [2.45, 2.75) is 33.6 Å². The molecule has 0 aliphatic heterocycles. The normalized spacial score (nSPS) is 11.2. The molecule has 5 nitrogen and oxygen atoms in total. The second-order valence-corrected chi connectivity index (χ2v) is 7.56. The van der Waals surface area contributed by atoms with Crippen LogP contribution in [0.4, 0.5) is 11.4 Å². The molecule has 0 fully saturated rings. The number of amides is 2. The van der Waals surface area contributed by atoms with Crippen molar-refractivity contribution in [1.29, 1.82) is 0 Å². The van der Waals surface area contributed by atoms with E-state index in [-0.39, 0.29) is 5.92 Å². The van der Waals surface area contributed by atoms with Gasteiger partial charge >= 0.3 is 0 Å². The Balaban J connectivity index is 2.21. The first-order chi connectivity index (χ1) is 12.7. The minimum atomic E-state index is -1.31. The highest BCUT2D eigenvalue weighted by molar-refractivity contribution is 6.31. The monoisotopic (exact) mass is 388 g/mol. The molecule has 0 spiro atoms. The zero-order valence-corrected chi connectivity index (χ0v) is 17.0. The van der Waals surface area contributed by atoms with Crippen molar-refractivity contribution in [2.75, 3.05) is 17.7 Å². The number of hydrogen-bond acceptors (Lipinski definition) is 3. The number of rotatable bonds is 6. The molecule has 144 valence electrons. The number of nitrogens with one attached hydrogen (secondary N) is 2. The van der Waals surface area contributed by atoms with Crippen LogP contribution in [0.5, 0.6) is 5.75 Å². The molecule has 0 aromatic heterocycles. The minimum Gasteiger partial charge on any atom is -0.495 e. The number of carbonyl (C=O) groups excluding carboxylic acids is 2. The van der Waals surface area contributed by atoms with Crippen LogP contribution in [0.3, 0.4) is 0 Å². The molecule has 27 heavy (non-hydrogen) atoms. The lowest BCUT2D eigenvalue weighted by Gasteiger charge is -2.24. The fraction of sp³-hybridized carbons (Fsp3) is 0.333. The summed E-state index contributed by atoms with van der Waals surface area (Å²) in [6.45, 7) is 7.25. The van der Waals surface area contributed by atoms with E-state index in [1.165, 1.54) is 7.11 Å². The van der Waals surface area contributed by atoms with Gasteiger partial charge in [0.25, 0.3) is 0 Å². The quantitative estimate of drug-likeness (QED) is 0.678. The van der Waals surface area contributed by atoms with Crippen molar-refractivity contribution in [1.82, 2.24) is 0 Å². The van der Waals surface area contributed by atoms with E-state index in [2.05, 4.69) is 10.6 Å². The molecule has 0 saturated heterocycles. The average molecular weight is 389 g/mol. The Labute approximate surface area is 165 Å². The van der Waals surface area contributed by atoms with E-state index in [9.17, 15) is 9.59 Å². The molecule has 2 aromatic carbocycles. The molecule has 0 saturated carbocycles. The lowest BCUT2D eigenvalue weighted by molar-refractivity contribution is -0.135. The Bertz CT molecular complexity index is 847. The maximum absolute atomic E-state index is 12.8. The summed E-state index contributed by atoms with van der Waals surface area (Å²) >= 11 is 6.00. The Kier molecular flexibility index (Phi) is 6.50. The van der Waals surface area contributed by atoms with Crippen molar-refractivity contribution >= 4 is 34.8 Å². The molecule has 0 heterocycles. The number of anilines is 2. The maximum atomic E-state index is 12.8. The summed E-state index contributed by atoms with van der Waals surface area (Å²) < 4.78 is 5.24. The summed E-state index contributed by atoms with van der Waals surface area (Å²) in [6.07, 6.45) is 0. The SMILES string of the molecule is COc1ccc(Cl)cc1NC(=O)C(C)(C)C(=O)Nc1ccccc1C(C)C. The van der Waals surface area contributed by atoms with Gasteiger partial charge in [-0.1, -0.05) is 43.6 Å². The van der Waals surface area contributed by atoms with E-state index < -0.39 is 17.2 Å². The molecule has 0 aliphatic carbocycles. The maximum Gasteiger partial charge on any atom is 0.239 e. The summed E-state index contributed by atoms with van der Waals surface area (Å²) in [5.41, 5.74) is 0.827. The first-order valence-corrected chi connectivity index (χ1v) is 9.10. The van der Waals surface area contributed by atoms with Gasteiger partial charge in [-0.25, -0.2) is 0 Å². The van der Waals surface area contributed by atoms with Crippen LogP contribution in [0.1, 0.15) is 39.2 Å². The second-order valence-electron chi connectivity index (χ2n) is 7.12. The van der Waals surface area contributed by atoms with Gasteiger partial charge < -0.3 is 15.4 Å². The van der Waals surface area contributed by atoms with Crippen LogP contribution in [0, 0.1) is 5.41 Å². The summed E-state index contributed by atoms with van der Waals surface area (Å²) in [4.78, 5) is 25.6. The van der Waals surface area contributed by atoms with Gasteiger partial charge in [-0.05, 0) is 49.6 Å². The summed E-state index contributed by atoms with van der Waals surface area (Å²) in [6, 6.07) is 12.5. The Morgan fingerprint density at radius 3 is 2.19 bits per heavy atom. The zero-order chi connectivity index (χ0) is 20.2.